The summed E-state index contributed by atoms with van der Waals surface area (Å²) in [4.78, 5) is 12.0. The van der Waals surface area contributed by atoms with Gasteiger partial charge in [0.2, 0.25) is 5.79 Å². The molecule has 22 heavy (non-hydrogen) atoms. The van der Waals surface area contributed by atoms with E-state index in [9.17, 15) is 9.90 Å². The van der Waals surface area contributed by atoms with Crippen molar-refractivity contribution in [2.75, 3.05) is 0 Å². The molecule has 0 heterocycles. The van der Waals surface area contributed by atoms with Crippen molar-refractivity contribution in [1.29, 1.82) is 0 Å². The highest BCUT2D eigenvalue weighted by atomic mass is 127. The average Bonchev–Trinajstić information content (AvgIpc) is 2.54. The molecule has 4 nitrogen and oxygen atoms in total. The number of hydrogen-bond donors (Lipinski definition) is 2. The second-order valence-corrected chi connectivity index (χ2v) is 6.01. The van der Waals surface area contributed by atoms with Crippen molar-refractivity contribution in [3.63, 3.8) is 0 Å². The van der Waals surface area contributed by atoms with E-state index in [4.69, 9.17) is 4.74 Å². The van der Waals surface area contributed by atoms with Gasteiger partial charge in [0.1, 0.15) is 0 Å². The number of carbonyl (C=O) groups is 1. The molecular formula is C17H18INO3. The van der Waals surface area contributed by atoms with E-state index in [0.717, 1.165) is 9.13 Å². The van der Waals surface area contributed by atoms with Crippen LogP contribution in [0.1, 0.15) is 24.5 Å². The molecule has 2 N–H and O–H groups in total. The molecule has 0 bridgehead atoms. The van der Waals surface area contributed by atoms with Gasteiger partial charge in [-0.3, -0.25) is 0 Å². The van der Waals surface area contributed by atoms with Crippen LogP contribution in [-0.2, 0) is 17.1 Å². The molecule has 0 aliphatic heterocycles. The molecule has 0 aromatic heterocycles. The summed E-state index contributed by atoms with van der Waals surface area (Å²) < 4.78 is 6.12. The first-order valence-electron chi connectivity index (χ1n) is 7.03. The van der Waals surface area contributed by atoms with E-state index in [2.05, 4.69) is 27.9 Å². The van der Waals surface area contributed by atoms with Gasteiger partial charge in [-0.05, 0) is 34.2 Å². The normalized spacial score (nSPS) is 13.2. The first-order valence-corrected chi connectivity index (χ1v) is 8.11. The summed E-state index contributed by atoms with van der Waals surface area (Å²) in [5.74, 6) is -1.63. The molecule has 2 aromatic rings. The number of hydrogen-bond acceptors (Lipinski definition) is 3. The number of alkyl carbamates (subject to hydrolysis) is 1. The second kappa shape index (κ2) is 7.60. The quantitative estimate of drug-likeness (QED) is 0.582. The van der Waals surface area contributed by atoms with Crippen molar-refractivity contribution in [3.05, 3.63) is 69.3 Å². The van der Waals surface area contributed by atoms with Gasteiger partial charge in [0, 0.05) is 22.1 Å². The van der Waals surface area contributed by atoms with Gasteiger partial charge >= 0.3 is 6.09 Å². The van der Waals surface area contributed by atoms with Gasteiger partial charge in [0.15, 0.2) is 0 Å². The molecule has 2 aromatic carbocycles. The Balaban J connectivity index is 2.03. The maximum Gasteiger partial charge on any atom is 0.410 e. The molecular weight excluding hydrogens is 393 g/mol. The maximum absolute atomic E-state index is 12.0. The predicted molar refractivity (Wildman–Crippen MR) is 93.1 cm³/mol. The lowest BCUT2D eigenvalue weighted by Crippen LogP contribution is -2.37. The Labute approximate surface area is 143 Å². The van der Waals surface area contributed by atoms with Crippen LogP contribution >= 0.6 is 22.6 Å². The Hall–Kier alpha value is -1.60. The second-order valence-electron chi connectivity index (χ2n) is 4.85. The van der Waals surface area contributed by atoms with Gasteiger partial charge in [-0.25, -0.2) is 4.79 Å². The number of benzene rings is 2. The number of aliphatic hydroxyl groups is 1. The molecule has 0 aliphatic rings. The summed E-state index contributed by atoms with van der Waals surface area (Å²) in [6.45, 7) is 2.12. The Morgan fingerprint density at radius 1 is 1.18 bits per heavy atom. The molecule has 0 spiro atoms. The zero-order valence-corrected chi connectivity index (χ0v) is 14.4. The SMILES string of the molecule is CC[C@](O)(OC(=O)NCc1ccccc1)c1ccccc1I. The largest absolute Gasteiger partial charge is 0.413 e. The van der Waals surface area contributed by atoms with Gasteiger partial charge in [-0.15, -0.1) is 0 Å². The van der Waals surface area contributed by atoms with Gasteiger partial charge < -0.3 is 15.2 Å². The molecule has 0 saturated heterocycles. The van der Waals surface area contributed by atoms with Crippen molar-refractivity contribution in [2.24, 2.45) is 0 Å². The van der Waals surface area contributed by atoms with E-state index < -0.39 is 11.9 Å². The molecule has 0 saturated carbocycles. The highest BCUT2D eigenvalue weighted by molar-refractivity contribution is 14.1. The van der Waals surface area contributed by atoms with E-state index in [1.54, 1.807) is 13.0 Å². The predicted octanol–water partition coefficient (Wildman–Crippen LogP) is 3.77. The van der Waals surface area contributed by atoms with Crippen LogP contribution in [0.25, 0.3) is 0 Å². The van der Waals surface area contributed by atoms with Crippen molar-refractivity contribution in [3.8, 4) is 0 Å². The molecule has 5 heteroatoms. The number of ether oxygens (including phenoxy) is 1. The van der Waals surface area contributed by atoms with E-state index in [-0.39, 0.29) is 6.42 Å². The Morgan fingerprint density at radius 3 is 2.45 bits per heavy atom. The lowest BCUT2D eigenvalue weighted by atomic mass is 10.0. The van der Waals surface area contributed by atoms with Crippen LogP contribution in [0.15, 0.2) is 54.6 Å². The number of carbonyl (C=O) groups excluding carboxylic acids is 1. The Kier molecular flexibility index (Phi) is 5.79. The third kappa shape index (κ3) is 4.20. The Morgan fingerprint density at radius 2 is 1.82 bits per heavy atom. The fraction of sp³-hybridized carbons (Fsp3) is 0.235. The van der Waals surface area contributed by atoms with E-state index >= 15 is 0 Å². The number of halogens is 1. The van der Waals surface area contributed by atoms with Crippen molar-refractivity contribution in [2.45, 2.75) is 25.7 Å². The minimum atomic E-state index is -1.63. The van der Waals surface area contributed by atoms with Crippen LogP contribution in [0.4, 0.5) is 4.79 Å². The number of rotatable bonds is 5. The molecule has 1 amide bonds. The van der Waals surface area contributed by atoms with Crippen molar-refractivity contribution in [1.82, 2.24) is 5.32 Å². The third-order valence-electron chi connectivity index (χ3n) is 3.32. The summed E-state index contributed by atoms with van der Waals surface area (Å²) in [6, 6.07) is 16.8. The van der Waals surface area contributed by atoms with Crippen LogP contribution in [0.3, 0.4) is 0 Å². The molecule has 1 atom stereocenters. The molecule has 0 aliphatic carbocycles. The number of nitrogens with one attached hydrogen (secondary N) is 1. The van der Waals surface area contributed by atoms with Crippen LogP contribution in [0, 0.1) is 3.57 Å². The summed E-state index contributed by atoms with van der Waals surface area (Å²) in [5.41, 5.74) is 1.56. The van der Waals surface area contributed by atoms with Crippen LogP contribution in [-0.4, -0.2) is 11.2 Å². The zero-order chi connectivity index (χ0) is 16.0. The number of amides is 1. The highest BCUT2D eigenvalue weighted by Crippen LogP contribution is 2.30. The fourth-order valence-electron chi connectivity index (χ4n) is 2.06. The summed E-state index contributed by atoms with van der Waals surface area (Å²) in [6.07, 6.45) is -0.376. The van der Waals surface area contributed by atoms with Crippen LogP contribution in [0.5, 0.6) is 0 Å². The topological polar surface area (TPSA) is 58.6 Å². The zero-order valence-electron chi connectivity index (χ0n) is 12.3. The minimum absolute atomic E-state index is 0.270. The van der Waals surface area contributed by atoms with Gasteiger partial charge in [-0.2, -0.15) is 0 Å². The average molecular weight is 411 g/mol. The van der Waals surface area contributed by atoms with Crippen molar-refractivity contribution >= 4 is 28.7 Å². The van der Waals surface area contributed by atoms with E-state index in [1.807, 2.05) is 48.5 Å². The van der Waals surface area contributed by atoms with Gasteiger partial charge in [-0.1, -0.05) is 55.5 Å². The maximum atomic E-state index is 12.0. The van der Waals surface area contributed by atoms with Crippen LogP contribution in [0.2, 0.25) is 0 Å². The molecule has 0 radical (unpaired) electrons. The van der Waals surface area contributed by atoms with E-state index in [0.29, 0.717) is 12.1 Å². The summed E-state index contributed by atoms with van der Waals surface area (Å²) in [5, 5.41) is 13.3. The monoisotopic (exact) mass is 411 g/mol. The van der Waals surface area contributed by atoms with Crippen LogP contribution < -0.4 is 5.32 Å². The van der Waals surface area contributed by atoms with E-state index in [1.165, 1.54) is 0 Å². The lowest BCUT2D eigenvalue weighted by Gasteiger charge is -2.28. The minimum Gasteiger partial charge on any atom is -0.413 e. The Bertz CT molecular complexity index is 633. The van der Waals surface area contributed by atoms with Crippen molar-refractivity contribution < 1.29 is 14.6 Å². The molecule has 2 rings (SSSR count). The standard InChI is InChI=1S/C17H18INO3/c1-2-17(21,14-10-6-7-11-15(14)18)22-16(20)19-12-13-8-4-3-5-9-13/h3-11,21H,2,12H2,1H3,(H,19,20)/t17-/m0/s1. The third-order valence-corrected chi connectivity index (χ3v) is 4.26. The highest BCUT2D eigenvalue weighted by Gasteiger charge is 2.33. The molecule has 0 unspecified atom stereocenters. The molecule has 0 fully saturated rings. The first kappa shape index (κ1) is 16.8. The summed E-state index contributed by atoms with van der Waals surface area (Å²) in [7, 11) is 0. The van der Waals surface area contributed by atoms with Gasteiger partial charge in [0.05, 0.1) is 0 Å². The van der Waals surface area contributed by atoms with Gasteiger partial charge in [0.25, 0.3) is 0 Å². The smallest absolute Gasteiger partial charge is 0.410 e. The lowest BCUT2D eigenvalue weighted by molar-refractivity contribution is -0.172. The summed E-state index contributed by atoms with van der Waals surface area (Å²) >= 11 is 2.11. The molecule has 116 valence electrons. The first-order chi connectivity index (χ1) is 10.5. The fourth-order valence-corrected chi connectivity index (χ4v) is 2.86.